The normalized spacial score (nSPS) is 20.9. The van der Waals surface area contributed by atoms with Crippen molar-refractivity contribution in [2.24, 2.45) is 5.41 Å². The van der Waals surface area contributed by atoms with Gasteiger partial charge in [-0.15, -0.1) is 0 Å². The molecule has 8 nitrogen and oxygen atoms in total. The number of ether oxygens (including phenoxy) is 2. The van der Waals surface area contributed by atoms with Crippen molar-refractivity contribution >= 4 is 18.2 Å². The van der Waals surface area contributed by atoms with Crippen LogP contribution in [-0.4, -0.2) is 64.3 Å². The molecule has 31 heavy (non-hydrogen) atoms. The Morgan fingerprint density at radius 1 is 1.06 bits per heavy atom. The minimum absolute atomic E-state index is 0.0991. The third-order valence-corrected chi connectivity index (χ3v) is 6.03. The molecule has 3 rings (SSSR count). The van der Waals surface area contributed by atoms with Gasteiger partial charge in [-0.3, -0.25) is 4.90 Å². The molecule has 0 radical (unpaired) electrons. The molecule has 1 atom stereocenters. The lowest BCUT2D eigenvalue weighted by Gasteiger charge is -2.48. The number of amides is 2. The van der Waals surface area contributed by atoms with E-state index in [2.05, 4.69) is 0 Å². The van der Waals surface area contributed by atoms with Gasteiger partial charge < -0.3 is 19.5 Å². The molecule has 2 aliphatic heterocycles. The monoisotopic (exact) mass is 432 g/mol. The molecule has 0 saturated carbocycles. The van der Waals surface area contributed by atoms with E-state index < -0.39 is 23.7 Å². The second-order valence-electron chi connectivity index (χ2n) is 9.53. The Hall–Kier alpha value is -2.77. The lowest BCUT2D eigenvalue weighted by atomic mass is 9.71. The second-order valence-corrected chi connectivity index (χ2v) is 9.53. The van der Waals surface area contributed by atoms with Gasteiger partial charge >= 0.3 is 18.2 Å². The molecule has 1 N–H and O–H groups in total. The van der Waals surface area contributed by atoms with Gasteiger partial charge in [0, 0.05) is 19.6 Å². The van der Waals surface area contributed by atoms with E-state index in [4.69, 9.17) is 9.47 Å². The molecular formula is C23H32N2O6. The Balaban J connectivity index is 1.63. The molecule has 0 bridgehead atoms. The van der Waals surface area contributed by atoms with E-state index in [1.54, 1.807) is 4.90 Å². The maximum Gasteiger partial charge on any atom is 0.410 e. The average Bonchev–Trinajstić information content (AvgIpc) is 2.71. The van der Waals surface area contributed by atoms with Crippen LogP contribution in [0.15, 0.2) is 30.3 Å². The molecule has 1 aromatic rings. The number of likely N-dealkylation sites (tertiary alicyclic amines) is 2. The molecular weight excluding hydrogens is 400 g/mol. The van der Waals surface area contributed by atoms with Crippen LogP contribution in [0.5, 0.6) is 0 Å². The lowest BCUT2D eigenvalue weighted by molar-refractivity contribution is -0.146. The van der Waals surface area contributed by atoms with Gasteiger partial charge in [0.15, 0.2) is 0 Å². The number of piperidine rings is 2. The first-order valence-corrected chi connectivity index (χ1v) is 10.8. The first kappa shape index (κ1) is 22.9. The SMILES string of the molecule is CC(C)(C)OC(=O)N1CCC2(CCC(C(=O)O)N(C(=O)OCc3ccccc3)C2)CC1. The summed E-state index contributed by atoms with van der Waals surface area (Å²) in [6, 6.07) is 8.41. The number of aliphatic carboxylic acids is 1. The zero-order valence-electron chi connectivity index (χ0n) is 18.5. The third kappa shape index (κ3) is 5.89. The zero-order valence-corrected chi connectivity index (χ0v) is 18.5. The highest BCUT2D eigenvalue weighted by Crippen LogP contribution is 2.42. The van der Waals surface area contributed by atoms with Gasteiger partial charge in [-0.25, -0.2) is 14.4 Å². The lowest BCUT2D eigenvalue weighted by Crippen LogP contribution is -2.57. The number of carbonyl (C=O) groups is 3. The molecule has 170 valence electrons. The van der Waals surface area contributed by atoms with E-state index in [-0.39, 0.29) is 18.1 Å². The minimum atomic E-state index is -1.02. The quantitative estimate of drug-likeness (QED) is 0.778. The van der Waals surface area contributed by atoms with Crippen LogP contribution >= 0.6 is 0 Å². The first-order valence-electron chi connectivity index (χ1n) is 10.8. The first-order chi connectivity index (χ1) is 14.6. The average molecular weight is 433 g/mol. The highest BCUT2D eigenvalue weighted by Gasteiger charge is 2.46. The maximum absolute atomic E-state index is 12.8. The highest BCUT2D eigenvalue weighted by atomic mass is 16.6. The summed E-state index contributed by atoms with van der Waals surface area (Å²) < 4.78 is 10.9. The summed E-state index contributed by atoms with van der Waals surface area (Å²) in [6.45, 7) is 6.98. The molecule has 2 fully saturated rings. The van der Waals surface area contributed by atoms with E-state index in [0.717, 1.165) is 5.56 Å². The van der Waals surface area contributed by atoms with Crippen LogP contribution < -0.4 is 0 Å². The molecule has 1 unspecified atom stereocenters. The number of benzene rings is 1. The van der Waals surface area contributed by atoms with Crippen LogP contribution in [-0.2, 0) is 20.9 Å². The van der Waals surface area contributed by atoms with Gasteiger partial charge in [0.1, 0.15) is 18.2 Å². The molecule has 2 amide bonds. The number of carboxylic acid groups (broad SMARTS) is 1. The number of nitrogens with zero attached hydrogens (tertiary/aromatic N) is 2. The summed E-state index contributed by atoms with van der Waals surface area (Å²) >= 11 is 0. The van der Waals surface area contributed by atoms with Gasteiger partial charge in [-0.05, 0) is 57.4 Å². The topological polar surface area (TPSA) is 96.4 Å². The number of hydrogen-bond donors (Lipinski definition) is 1. The number of rotatable bonds is 3. The van der Waals surface area contributed by atoms with Crippen molar-refractivity contribution in [1.82, 2.24) is 9.80 Å². The van der Waals surface area contributed by atoms with Gasteiger partial charge in [0.2, 0.25) is 0 Å². The van der Waals surface area contributed by atoms with Crippen molar-refractivity contribution < 1.29 is 29.0 Å². The van der Waals surface area contributed by atoms with Gasteiger partial charge in [0.05, 0.1) is 0 Å². The van der Waals surface area contributed by atoms with Crippen LogP contribution in [0.4, 0.5) is 9.59 Å². The van der Waals surface area contributed by atoms with Crippen molar-refractivity contribution in [1.29, 1.82) is 0 Å². The number of carboxylic acids is 1. The molecule has 1 aromatic carbocycles. The predicted octanol–water partition coefficient (Wildman–Crippen LogP) is 3.89. The Morgan fingerprint density at radius 2 is 1.71 bits per heavy atom. The molecule has 0 aliphatic carbocycles. The van der Waals surface area contributed by atoms with Crippen molar-refractivity contribution in [2.45, 2.75) is 64.7 Å². The Kier molecular flexibility index (Phi) is 6.77. The van der Waals surface area contributed by atoms with Crippen molar-refractivity contribution in [3.8, 4) is 0 Å². The largest absolute Gasteiger partial charge is 0.480 e. The van der Waals surface area contributed by atoms with Crippen molar-refractivity contribution in [2.75, 3.05) is 19.6 Å². The molecule has 2 heterocycles. The Bertz CT molecular complexity index is 796. The standard InChI is InChI=1S/C23H32N2O6/c1-22(2,3)31-20(28)24-13-11-23(12-14-24)10-9-18(19(26)27)25(16-23)21(29)30-15-17-7-5-4-6-8-17/h4-8,18H,9-16H2,1-3H3,(H,26,27). The van der Waals surface area contributed by atoms with Crippen LogP contribution in [0.25, 0.3) is 0 Å². The second kappa shape index (κ2) is 9.16. The Labute approximate surface area is 183 Å². The molecule has 2 aliphatic rings. The van der Waals surface area contributed by atoms with Gasteiger partial charge in [-0.1, -0.05) is 30.3 Å². The van der Waals surface area contributed by atoms with Crippen LogP contribution in [0.3, 0.4) is 0 Å². The van der Waals surface area contributed by atoms with E-state index in [0.29, 0.717) is 45.3 Å². The molecule has 2 saturated heterocycles. The summed E-state index contributed by atoms with van der Waals surface area (Å²) in [4.78, 5) is 40.0. The van der Waals surface area contributed by atoms with E-state index in [1.165, 1.54) is 4.90 Å². The number of hydrogen-bond acceptors (Lipinski definition) is 5. The van der Waals surface area contributed by atoms with Crippen LogP contribution in [0.1, 0.15) is 52.0 Å². The smallest absolute Gasteiger partial charge is 0.410 e. The molecule has 0 aromatic heterocycles. The molecule has 1 spiro atoms. The molecule has 8 heteroatoms. The maximum atomic E-state index is 12.8. The van der Waals surface area contributed by atoms with E-state index in [1.807, 2.05) is 51.1 Å². The van der Waals surface area contributed by atoms with E-state index in [9.17, 15) is 19.5 Å². The predicted molar refractivity (Wildman–Crippen MR) is 113 cm³/mol. The fourth-order valence-electron chi connectivity index (χ4n) is 4.30. The Morgan fingerprint density at radius 3 is 2.29 bits per heavy atom. The van der Waals surface area contributed by atoms with Crippen molar-refractivity contribution in [3.63, 3.8) is 0 Å². The minimum Gasteiger partial charge on any atom is -0.480 e. The van der Waals surface area contributed by atoms with Gasteiger partial charge in [0.25, 0.3) is 0 Å². The zero-order chi connectivity index (χ0) is 22.6. The summed E-state index contributed by atoms with van der Waals surface area (Å²) in [5.74, 6) is -1.02. The summed E-state index contributed by atoms with van der Waals surface area (Å²) in [6.07, 6.45) is 1.53. The fourth-order valence-corrected chi connectivity index (χ4v) is 4.30. The summed E-state index contributed by atoms with van der Waals surface area (Å²) in [5, 5.41) is 9.63. The summed E-state index contributed by atoms with van der Waals surface area (Å²) in [7, 11) is 0. The van der Waals surface area contributed by atoms with Crippen molar-refractivity contribution in [3.05, 3.63) is 35.9 Å². The van der Waals surface area contributed by atoms with Crippen LogP contribution in [0.2, 0.25) is 0 Å². The third-order valence-electron chi connectivity index (χ3n) is 6.03. The van der Waals surface area contributed by atoms with Crippen LogP contribution in [0, 0.1) is 5.41 Å². The van der Waals surface area contributed by atoms with Gasteiger partial charge in [-0.2, -0.15) is 0 Å². The number of carbonyl (C=O) groups excluding carboxylic acids is 2. The van der Waals surface area contributed by atoms with E-state index >= 15 is 0 Å². The fraction of sp³-hybridized carbons (Fsp3) is 0.609. The summed E-state index contributed by atoms with van der Waals surface area (Å²) in [5.41, 5.74) is 0.0847. The highest BCUT2D eigenvalue weighted by molar-refractivity contribution is 5.80.